The number of phenols is 2. The van der Waals surface area contributed by atoms with Crippen LogP contribution < -0.4 is 10.1 Å². The van der Waals surface area contributed by atoms with Gasteiger partial charge in [-0.15, -0.1) is 0 Å². The Morgan fingerprint density at radius 2 is 1.82 bits per heavy atom. The van der Waals surface area contributed by atoms with E-state index in [0.717, 1.165) is 0 Å². The lowest BCUT2D eigenvalue weighted by molar-refractivity contribution is -0.249. The molecule has 2 aromatic rings. The van der Waals surface area contributed by atoms with Crippen molar-refractivity contribution in [1.29, 1.82) is 0 Å². The number of nitrogens with one attached hydrogen (secondary N) is 1. The van der Waals surface area contributed by atoms with Gasteiger partial charge in [0.2, 0.25) is 5.78 Å². The molecule has 0 radical (unpaired) electrons. The van der Waals surface area contributed by atoms with Gasteiger partial charge in [-0.3, -0.25) is 14.4 Å². The Morgan fingerprint density at radius 1 is 1.13 bits per heavy atom. The summed E-state index contributed by atoms with van der Waals surface area (Å²) in [6.07, 6.45) is -4.59. The molecule has 1 saturated heterocycles. The number of fused-ring (bicyclic) bond motifs is 3. The first-order valence-electron chi connectivity index (χ1n) is 14.1. The van der Waals surface area contributed by atoms with Crippen molar-refractivity contribution in [2.45, 2.75) is 69.4 Å². The first-order valence-corrected chi connectivity index (χ1v) is 14.1. The standard InChI is InChI=1S/C31H33NO13/c1-12(30(40)41)10-32-16-7-20(44-13(2)25(16)35)45-18-9-31(42,19(34)11-33)8-15-22(18)29(39)24-23(27(15)37)26(36)14-5-4-6-17(43-3)21(14)28(24)38/h4-6,10,13,16,18,20,25,32-33,35,37,39,42H,7-9,11H2,1-3H3,(H,40,41)/t13?,16?,18-,20?,25?,31-/m0/s1. The molecule has 14 nitrogen and oxygen atoms in total. The van der Waals surface area contributed by atoms with E-state index in [4.69, 9.17) is 14.2 Å². The van der Waals surface area contributed by atoms with Crippen molar-refractivity contribution < 1.29 is 64.0 Å². The van der Waals surface area contributed by atoms with Crippen LogP contribution in [0.15, 0.2) is 30.0 Å². The molecular formula is C31H33NO13. The fraction of sp³-hybridized carbons (Fsp3) is 0.419. The van der Waals surface area contributed by atoms with Crippen molar-refractivity contribution in [1.82, 2.24) is 5.32 Å². The highest BCUT2D eigenvalue weighted by Gasteiger charge is 2.50. The molecule has 0 spiro atoms. The van der Waals surface area contributed by atoms with Gasteiger partial charge in [-0.25, -0.2) is 4.79 Å². The molecule has 0 saturated carbocycles. The molecule has 14 heteroatoms. The van der Waals surface area contributed by atoms with Crippen molar-refractivity contribution in [3.8, 4) is 17.2 Å². The van der Waals surface area contributed by atoms with E-state index >= 15 is 0 Å². The van der Waals surface area contributed by atoms with E-state index in [1.54, 1.807) is 0 Å². The zero-order chi connectivity index (χ0) is 33.0. The van der Waals surface area contributed by atoms with E-state index in [-0.39, 0.29) is 40.0 Å². The molecule has 1 fully saturated rings. The second-order valence-corrected chi connectivity index (χ2v) is 11.4. The van der Waals surface area contributed by atoms with Crippen LogP contribution in [0.25, 0.3) is 0 Å². The Bertz CT molecular complexity index is 1630. The van der Waals surface area contributed by atoms with E-state index in [9.17, 15) is 49.8 Å². The number of aliphatic hydroxyl groups excluding tert-OH is 2. The largest absolute Gasteiger partial charge is 0.507 e. The van der Waals surface area contributed by atoms with Crippen LogP contribution in [0, 0.1) is 0 Å². The summed E-state index contributed by atoms with van der Waals surface area (Å²) in [6, 6.07) is 3.53. The van der Waals surface area contributed by atoms with Crippen molar-refractivity contribution in [3.05, 3.63) is 63.4 Å². The van der Waals surface area contributed by atoms with Gasteiger partial charge in [-0.05, 0) is 19.9 Å². The summed E-state index contributed by atoms with van der Waals surface area (Å²) in [6.45, 7) is 1.83. The number of carboxylic acids is 1. The number of carboxylic acid groups (broad SMARTS) is 1. The van der Waals surface area contributed by atoms with E-state index in [0.29, 0.717) is 0 Å². The number of carbonyl (C=O) groups excluding carboxylic acids is 3. The smallest absolute Gasteiger partial charge is 0.332 e. The number of aromatic hydroxyl groups is 2. The van der Waals surface area contributed by atoms with Crippen LogP contribution in [0.4, 0.5) is 0 Å². The fourth-order valence-corrected chi connectivity index (χ4v) is 6.17. The number of phenolic OH excluding ortho intramolecular Hbond substituents is 2. The molecular weight excluding hydrogens is 594 g/mol. The van der Waals surface area contributed by atoms with E-state index < -0.39 is 102 Å². The lowest BCUT2D eigenvalue weighted by atomic mass is 9.72. The molecule has 1 aliphatic heterocycles. The number of methoxy groups -OCH3 is 1. The molecule has 0 aromatic heterocycles. The molecule has 2 aliphatic carbocycles. The zero-order valence-corrected chi connectivity index (χ0v) is 24.6. The fourth-order valence-electron chi connectivity index (χ4n) is 6.17. The monoisotopic (exact) mass is 627 g/mol. The summed E-state index contributed by atoms with van der Waals surface area (Å²) in [7, 11) is 1.30. The van der Waals surface area contributed by atoms with Gasteiger partial charge in [0.25, 0.3) is 0 Å². The number of carbonyl (C=O) groups is 4. The molecule has 3 aliphatic rings. The van der Waals surface area contributed by atoms with E-state index in [2.05, 4.69) is 5.32 Å². The van der Waals surface area contributed by atoms with Crippen LogP contribution in [-0.2, 0) is 25.5 Å². The SMILES string of the molecule is COc1cccc2c1C(=O)c1c(O)c3c(c(O)c1C2=O)C[C@@](O)(C(=O)CO)C[C@@H]3OC1CC(NC=C(C)C(=O)O)C(O)C(C)O1. The molecule has 0 bridgehead atoms. The molecule has 6 atom stereocenters. The molecule has 5 rings (SSSR count). The molecule has 2 aromatic carbocycles. The highest BCUT2D eigenvalue weighted by atomic mass is 16.7. The van der Waals surface area contributed by atoms with Gasteiger partial charge in [0.05, 0.1) is 42.0 Å². The van der Waals surface area contributed by atoms with Crippen LogP contribution in [-0.4, -0.2) is 97.8 Å². The number of aliphatic carboxylic acids is 1. The minimum atomic E-state index is -2.31. The second kappa shape index (κ2) is 11.9. The first kappa shape index (κ1) is 32.1. The summed E-state index contributed by atoms with van der Waals surface area (Å²) >= 11 is 0. The second-order valence-electron chi connectivity index (χ2n) is 11.4. The summed E-state index contributed by atoms with van der Waals surface area (Å²) < 4.78 is 17.2. The molecule has 7 N–H and O–H groups in total. The average molecular weight is 628 g/mol. The van der Waals surface area contributed by atoms with Crippen molar-refractivity contribution in [2.24, 2.45) is 0 Å². The Morgan fingerprint density at radius 3 is 2.47 bits per heavy atom. The average Bonchev–Trinajstić information content (AvgIpc) is 3.01. The third-order valence-corrected chi connectivity index (χ3v) is 8.61. The maximum absolute atomic E-state index is 13.8. The van der Waals surface area contributed by atoms with Crippen LogP contribution in [0.5, 0.6) is 17.2 Å². The number of ether oxygens (including phenoxy) is 3. The number of benzene rings is 2. The van der Waals surface area contributed by atoms with E-state index in [1.165, 1.54) is 45.4 Å². The lowest BCUT2D eigenvalue weighted by Gasteiger charge is -2.42. The summed E-state index contributed by atoms with van der Waals surface area (Å²) in [5, 5.41) is 66.7. The van der Waals surface area contributed by atoms with Gasteiger partial charge in [-0.1, -0.05) is 12.1 Å². The summed E-state index contributed by atoms with van der Waals surface area (Å²) in [4.78, 5) is 51.4. The number of aliphatic hydroxyl groups is 3. The van der Waals surface area contributed by atoms with Crippen LogP contribution in [0.1, 0.15) is 75.8 Å². The topological polar surface area (TPSA) is 229 Å². The normalized spacial score (nSPS) is 27.7. The predicted molar refractivity (Wildman–Crippen MR) is 152 cm³/mol. The molecule has 1 heterocycles. The van der Waals surface area contributed by atoms with Crippen LogP contribution >= 0.6 is 0 Å². The van der Waals surface area contributed by atoms with Gasteiger partial charge in [0.15, 0.2) is 17.9 Å². The van der Waals surface area contributed by atoms with Crippen molar-refractivity contribution in [2.75, 3.05) is 13.7 Å². The first-order chi connectivity index (χ1) is 21.2. The Hall–Kier alpha value is -4.34. The van der Waals surface area contributed by atoms with Gasteiger partial charge in [-0.2, -0.15) is 0 Å². The number of ketones is 3. The number of Topliss-reactive ketones (excluding diaryl/α,β-unsaturated/α-hetero) is 1. The van der Waals surface area contributed by atoms with Gasteiger partial charge in [0.1, 0.15) is 35.6 Å². The number of hydrogen-bond donors (Lipinski definition) is 7. The maximum Gasteiger partial charge on any atom is 0.332 e. The van der Waals surface area contributed by atoms with Gasteiger partial charge >= 0.3 is 5.97 Å². The number of rotatable bonds is 8. The molecule has 45 heavy (non-hydrogen) atoms. The molecule has 0 amide bonds. The third-order valence-electron chi connectivity index (χ3n) is 8.61. The Kier molecular flexibility index (Phi) is 8.46. The quantitative estimate of drug-likeness (QED) is 0.134. The zero-order valence-electron chi connectivity index (χ0n) is 24.6. The highest BCUT2D eigenvalue weighted by Crippen LogP contribution is 2.52. The van der Waals surface area contributed by atoms with Crippen molar-refractivity contribution in [3.63, 3.8) is 0 Å². The minimum absolute atomic E-state index is 0.0322. The van der Waals surface area contributed by atoms with Crippen LogP contribution in [0.2, 0.25) is 0 Å². The Balaban J connectivity index is 1.61. The lowest BCUT2D eigenvalue weighted by Crippen LogP contribution is -2.53. The summed E-state index contributed by atoms with van der Waals surface area (Å²) in [5.41, 5.74) is -3.99. The highest BCUT2D eigenvalue weighted by molar-refractivity contribution is 6.31. The number of hydrogen-bond acceptors (Lipinski definition) is 13. The predicted octanol–water partition coefficient (Wildman–Crippen LogP) is 0.621. The third kappa shape index (κ3) is 5.34. The Labute approximate surface area is 256 Å². The maximum atomic E-state index is 13.8. The van der Waals surface area contributed by atoms with Gasteiger partial charge < -0.3 is 50.2 Å². The van der Waals surface area contributed by atoms with E-state index in [1.807, 2.05) is 0 Å². The molecule has 240 valence electrons. The summed E-state index contributed by atoms with van der Waals surface area (Å²) in [5.74, 6) is -5.20. The van der Waals surface area contributed by atoms with Crippen molar-refractivity contribution >= 4 is 23.3 Å². The molecule has 4 unspecified atom stereocenters. The van der Waals surface area contributed by atoms with Gasteiger partial charge in [0, 0.05) is 47.7 Å². The minimum Gasteiger partial charge on any atom is -0.507 e. The van der Waals surface area contributed by atoms with Crippen LogP contribution in [0.3, 0.4) is 0 Å².